The summed E-state index contributed by atoms with van der Waals surface area (Å²) in [4.78, 5) is 0. The predicted octanol–water partition coefficient (Wildman–Crippen LogP) is 3.61. The molecule has 2 heteroatoms. The highest BCUT2D eigenvalue weighted by Crippen LogP contribution is 2.46. The van der Waals surface area contributed by atoms with E-state index in [2.05, 4.69) is 13.8 Å². The van der Waals surface area contributed by atoms with Gasteiger partial charge in [-0.2, -0.15) is 0 Å². The first-order chi connectivity index (χ1) is 7.41. The Balaban J connectivity index is 2.27. The molecule has 0 saturated heterocycles. The third-order valence-corrected chi connectivity index (χ3v) is 3.60. The molecule has 2 rings (SSSR count). The summed E-state index contributed by atoms with van der Waals surface area (Å²) >= 11 is 0. The van der Waals surface area contributed by atoms with Crippen LogP contribution in [0.2, 0.25) is 0 Å². The first kappa shape index (κ1) is 11.6. The van der Waals surface area contributed by atoms with E-state index in [-0.39, 0.29) is 11.2 Å². The lowest BCUT2D eigenvalue weighted by Gasteiger charge is -2.41. The van der Waals surface area contributed by atoms with Crippen molar-refractivity contribution in [3.8, 4) is 0 Å². The number of hydrogen-bond donors (Lipinski definition) is 1. The number of rotatable bonds is 1. The molecule has 88 valence electrons. The molecule has 1 aliphatic rings. The van der Waals surface area contributed by atoms with Crippen LogP contribution in [0.1, 0.15) is 45.1 Å². The van der Waals surface area contributed by atoms with Crippen LogP contribution < -0.4 is 0 Å². The van der Waals surface area contributed by atoms with E-state index in [9.17, 15) is 9.50 Å². The van der Waals surface area contributed by atoms with Crippen LogP contribution in [-0.2, 0) is 5.60 Å². The Hall–Kier alpha value is -0.890. The van der Waals surface area contributed by atoms with Crippen molar-refractivity contribution in [3.63, 3.8) is 0 Å². The molecule has 0 heterocycles. The number of halogens is 1. The molecule has 1 saturated carbocycles. The molecule has 0 aliphatic heterocycles. The SMILES string of the molecule is CC1(C)CCCC(O)(c2ccc(F)cc2)C1. The second-order valence-electron chi connectivity index (χ2n) is 5.73. The zero-order valence-electron chi connectivity index (χ0n) is 9.96. The molecule has 0 bridgehead atoms. The van der Waals surface area contributed by atoms with E-state index >= 15 is 0 Å². The smallest absolute Gasteiger partial charge is 0.123 e. The van der Waals surface area contributed by atoms with E-state index in [0.29, 0.717) is 0 Å². The first-order valence-corrected chi connectivity index (χ1v) is 5.90. The molecule has 1 aliphatic carbocycles. The molecule has 0 aromatic heterocycles. The van der Waals surface area contributed by atoms with Crippen LogP contribution >= 0.6 is 0 Å². The van der Waals surface area contributed by atoms with Gasteiger partial charge in [0.15, 0.2) is 0 Å². The third-order valence-electron chi connectivity index (χ3n) is 3.60. The molecular weight excluding hydrogens is 203 g/mol. The van der Waals surface area contributed by atoms with Gasteiger partial charge in [-0.15, -0.1) is 0 Å². The second-order valence-corrected chi connectivity index (χ2v) is 5.73. The van der Waals surface area contributed by atoms with Gasteiger partial charge < -0.3 is 5.11 Å². The Bertz CT molecular complexity index is 369. The van der Waals surface area contributed by atoms with Crippen molar-refractivity contribution in [2.45, 2.75) is 45.1 Å². The summed E-state index contributed by atoms with van der Waals surface area (Å²) in [7, 11) is 0. The Morgan fingerprint density at radius 2 is 1.75 bits per heavy atom. The van der Waals surface area contributed by atoms with Crippen molar-refractivity contribution in [2.75, 3.05) is 0 Å². The lowest BCUT2D eigenvalue weighted by Crippen LogP contribution is -2.36. The van der Waals surface area contributed by atoms with Crippen LogP contribution in [0, 0.1) is 11.2 Å². The van der Waals surface area contributed by atoms with E-state index in [1.165, 1.54) is 12.1 Å². The van der Waals surface area contributed by atoms with Crippen LogP contribution in [-0.4, -0.2) is 5.11 Å². The minimum absolute atomic E-state index is 0.168. The van der Waals surface area contributed by atoms with Gasteiger partial charge in [0.1, 0.15) is 5.82 Å². The molecule has 0 amide bonds. The van der Waals surface area contributed by atoms with Crippen molar-refractivity contribution >= 4 is 0 Å². The van der Waals surface area contributed by atoms with E-state index in [1.54, 1.807) is 12.1 Å². The predicted molar refractivity (Wildman–Crippen MR) is 62.5 cm³/mol. The topological polar surface area (TPSA) is 20.2 Å². The molecule has 1 atom stereocenters. The minimum atomic E-state index is -0.768. The average molecular weight is 222 g/mol. The van der Waals surface area contributed by atoms with Gasteiger partial charge >= 0.3 is 0 Å². The molecule has 1 N–H and O–H groups in total. The maximum absolute atomic E-state index is 12.8. The Labute approximate surface area is 96.3 Å². The number of aliphatic hydroxyl groups is 1. The quantitative estimate of drug-likeness (QED) is 0.769. The fourth-order valence-corrected chi connectivity index (χ4v) is 2.83. The Morgan fingerprint density at radius 1 is 1.12 bits per heavy atom. The maximum atomic E-state index is 12.8. The van der Waals surface area contributed by atoms with Crippen LogP contribution in [0.3, 0.4) is 0 Å². The Morgan fingerprint density at radius 3 is 2.31 bits per heavy atom. The summed E-state index contributed by atoms with van der Waals surface area (Å²) in [6, 6.07) is 6.26. The highest BCUT2D eigenvalue weighted by molar-refractivity contribution is 5.24. The monoisotopic (exact) mass is 222 g/mol. The summed E-state index contributed by atoms with van der Waals surface area (Å²) in [6.07, 6.45) is 3.71. The molecule has 1 fully saturated rings. The van der Waals surface area contributed by atoms with Gasteiger partial charge in [-0.1, -0.05) is 26.0 Å². The van der Waals surface area contributed by atoms with Gasteiger partial charge in [-0.3, -0.25) is 0 Å². The van der Waals surface area contributed by atoms with Gasteiger partial charge in [0.05, 0.1) is 5.60 Å². The summed E-state index contributed by atoms with van der Waals surface area (Å²) < 4.78 is 12.8. The van der Waals surface area contributed by atoms with Gasteiger partial charge in [0.2, 0.25) is 0 Å². The number of hydrogen-bond acceptors (Lipinski definition) is 1. The fraction of sp³-hybridized carbons (Fsp3) is 0.571. The zero-order valence-corrected chi connectivity index (χ0v) is 9.96. The van der Waals surface area contributed by atoms with Crippen LogP contribution in [0.5, 0.6) is 0 Å². The van der Waals surface area contributed by atoms with Crippen molar-refractivity contribution in [1.82, 2.24) is 0 Å². The number of benzene rings is 1. The molecule has 1 unspecified atom stereocenters. The maximum Gasteiger partial charge on any atom is 0.123 e. The van der Waals surface area contributed by atoms with Crippen LogP contribution in [0.15, 0.2) is 24.3 Å². The van der Waals surface area contributed by atoms with Crippen LogP contribution in [0.25, 0.3) is 0 Å². The van der Waals surface area contributed by atoms with Gasteiger partial charge in [-0.25, -0.2) is 4.39 Å². The van der Waals surface area contributed by atoms with E-state index in [1.807, 2.05) is 0 Å². The Kier molecular flexibility index (Phi) is 2.79. The van der Waals surface area contributed by atoms with Crippen molar-refractivity contribution in [3.05, 3.63) is 35.6 Å². The second kappa shape index (κ2) is 3.85. The molecule has 0 spiro atoms. The van der Waals surface area contributed by atoms with Gasteiger partial charge in [0.25, 0.3) is 0 Å². The third kappa shape index (κ3) is 2.27. The van der Waals surface area contributed by atoms with Crippen molar-refractivity contribution < 1.29 is 9.50 Å². The van der Waals surface area contributed by atoms with Crippen molar-refractivity contribution in [2.24, 2.45) is 5.41 Å². The van der Waals surface area contributed by atoms with Crippen LogP contribution in [0.4, 0.5) is 4.39 Å². The largest absolute Gasteiger partial charge is 0.385 e. The average Bonchev–Trinajstić information content (AvgIpc) is 2.16. The summed E-state index contributed by atoms with van der Waals surface area (Å²) in [5.41, 5.74) is 0.248. The molecule has 1 aromatic rings. The molecular formula is C14H19FO. The summed E-state index contributed by atoms with van der Waals surface area (Å²) in [5.74, 6) is -0.248. The summed E-state index contributed by atoms with van der Waals surface area (Å²) in [6.45, 7) is 4.36. The highest BCUT2D eigenvalue weighted by atomic mass is 19.1. The molecule has 1 nitrogen and oxygen atoms in total. The minimum Gasteiger partial charge on any atom is -0.385 e. The highest BCUT2D eigenvalue weighted by Gasteiger charge is 2.39. The zero-order chi connectivity index (χ0) is 11.8. The van der Waals surface area contributed by atoms with Gasteiger partial charge in [-0.05, 0) is 48.8 Å². The fourth-order valence-electron chi connectivity index (χ4n) is 2.83. The van der Waals surface area contributed by atoms with E-state index in [0.717, 1.165) is 31.2 Å². The molecule has 0 radical (unpaired) electrons. The summed E-state index contributed by atoms with van der Waals surface area (Å²) in [5, 5.41) is 10.6. The normalized spacial score (nSPS) is 29.0. The van der Waals surface area contributed by atoms with E-state index < -0.39 is 5.60 Å². The standard InChI is InChI=1S/C14H19FO/c1-13(2)8-3-9-14(16,10-13)11-4-6-12(15)7-5-11/h4-7,16H,3,8-10H2,1-2H3. The van der Waals surface area contributed by atoms with Crippen molar-refractivity contribution in [1.29, 1.82) is 0 Å². The lowest BCUT2D eigenvalue weighted by atomic mass is 9.67. The van der Waals surface area contributed by atoms with Gasteiger partial charge in [0, 0.05) is 0 Å². The first-order valence-electron chi connectivity index (χ1n) is 5.90. The lowest BCUT2D eigenvalue weighted by molar-refractivity contribution is -0.0440. The van der Waals surface area contributed by atoms with E-state index in [4.69, 9.17) is 0 Å². The molecule has 16 heavy (non-hydrogen) atoms. The molecule has 1 aromatic carbocycles.